The molecule has 4 nitrogen and oxygen atoms in total. The number of para-hydroxylation sites is 2. The maximum atomic E-state index is 5.69. The molecule has 5 heteroatoms. The van der Waals surface area contributed by atoms with Gasteiger partial charge in [0.25, 0.3) is 0 Å². The minimum absolute atomic E-state index is 0.239. The molecule has 1 unspecified atom stereocenters. The zero-order valence-electron chi connectivity index (χ0n) is 12.0. The van der Waals surface area contributed by atoms with Crippen LogP contribution in [0.1, 0.15) is 23.8 Å². The van der Waals surface area contributed by atoms with Crippen LogP contribution in [-0.2, 0) is 0 Å². The highest BCUT2D eigenvalue weighted by molar-refractivity contribution is 7.10. The Hall–Kier alpha value is -1.85. The molecule has 0 spiro atoms. The Morgan fingerprint density at radius 1 is 1.33 bits per heavy atom. The average Bonchev–Trinajstić information content (AvgIpc) is 3.16. The fourth-order valence-electron chi connectivity index (χ4n) is 2.63. The van der Waals surface area contributed by atoms with Crippen LogP contribution in [-0.4, -0.2) is 19.4 Å². The molecule has 0 saturated carbocycles. The van der Waals surface area contributed by atoms with E-state index in [4.69, 9.17) is 15.6 Å². The van der Waals surface area contributed by atoms with Crippen molar-refractivity contribution < 1.29 is 4.74 Å². The quantitative estimate of drug-likeness (QED) is 0.920. The molecule has 0 aliphatic carbocycles. The number of hydrazone groups is 1. The van der Waals surface area contributed by atoms with Crippen LogP contribution in [0.15, 0.2) is 46.9 Å². The number of thiophene rings is 1. The predicted octanol–water partition coefficient (Wildman–Crippen LogP) is 3.41. The van der Waals surface area contributed by atoms with E-state index in [1.807, 2.05) is 24.3 Å². The molecule has 1 aromatic heterocycles. The van der Waals surface area contributed by atoms with Crippen molar-refractivity contribution >= 4 is 22.7 Å². The van der Waals surface area contributed by atoms with E-state index in [2.05, 4.69) is 22.5 Å². The van der Waals surface area contributed by atoms with Crippen LogP contribution in [0.25, 0.3) is 0 Å². The number of hydrogen-bond donors (Lipinski definition) is 1. The predicted molar refractivity (Wildman–Crippen MR) is 88.3 cm³/mol. The summed E-state index contributed by atoms with van der Waals surface area (Å²) in [5, 5.41) is 8.98. The molecule has 0 bridgehead atoms. The van der Waals surface area contributed by atoms with Gasteiger partial charge in [0.1, 0.15) is 11.4 Å². The second kappa shape index (κ2) is 6.28. The van der Waals surface area contributed by atoms with Crippen molar-refractivity contribution in [3.8, 4) is 5.75 Å². The summed E-state index contributed by atoms with van der Waals surface area (Å²) in [5.41, 5.74) is 7.85. The highest BCUT2D eigenvalue weighted by Crippen LogP contribution is 2.41. The van der Waals surface area contributed by atoms with Gasteiger partial charge in [-0.05, 0) is 36.5 Å². The average molecular weight is 301 g/mol. The second-order valence-corrected chi connectivity index (χ2v) is 5.94. The monoisotopic (exact) mass is 301 g/mol. The van der Waals surface area contributed by atoms with Gasteiger partial charge in [-0.2, -0.15) is 5.10 Å². The van der Waals surface area contributed by atoms with Crippen LogP contribution >= 0.6 is 11.3 Å². The van der Waals surface area contributed by atoms with Gasteiger partial charge in [-0.3, -0.25) is 5.01 Å². The number of nitrogens with zero attached hydrogens (tertiary/aromatic N) is 2. The summed E-state index contributed by atoms with van der Waals surface area (Å²) in [6, 6.07) is 12.5. The molecule has 1 aliphatic rings. The summed E-state index contributed by atoms with van der Waals surface area (Å²) < 4.78 is 5.49. The lowest BCUT2D eigenvalue weighted by molar-refractivity contribution is 0.413. The lowest BCUT2D eigenvalue weighted by atomic mass is 10.1. The molecule has 2 heterocycles. The molecule has 0 fully saturated rings. The van der Waals surface area contributed by atoms with Gasteiger partial charge >= 0.3 is 0 Å². The molecule has 1 aliphatic heterocycles. The van der Waals surface area contributed by atoms with Crippen LogP contribution in [0.3, 0.4) is 0 Å². The van der Waals surface area contributed by atoms with Gasteiger partial charge in [-0.15, -0.1) is 11.3 Å². The van der Waals surface area contributed by atoms with Gasteiger partial charge in [0.15, 0.2) is 0 Å². The topological polar surface area (TPSA) is 50.8 Å². The molecule has 110 valence electrons. The van der Waals surface area contributed by atoms with Crippen molar-refractivity contribution in [2.24, 2.45) is 10.8 Å². The van der Waals surface area contributed by atoms with Crippen LogP contribution in [0.2, 0.25) is 0 Å². The van der Waals surface area contributed by atoms with Gasteiger partial charge in [0.05, 0.1) is 13.2 Å². The lowest BCUT2D eigenvalue weighted by Gasteiger charge is -2.24. The third-order valence-electron chi connectivity index (χ3n) is 3.61. The van der Waals surface area contributed by atoms with Crippen molar-refractivity contribution in [2.75, 3.05) is 18.7 Å². The van der Waals surface area contributed by atoms with E-state index in [1.165, 1.54) is 4.88 Å². The number of benzene rings is 1. The minimum Gasteiger partial charge on any atom is -0.495 e. The van der Waals surface area contributed by atoms with Crippen molar-refractivity contribution in [3.63, 3.8) is 0 Å². The molecular weight excluding hydrogens is 282 g/mol. The number of nitrogens with two attached hydrogens (primary N) is 1. The number of hydrogen-bond acceptors (Lipinski definition) is 5. The number of methoxy groups -OCH3 is 1. The Morgan fingerprint density at radius 2 is 2.19 bits per heavy atom. The highest BCUT2D eigenvalue weighted by atomic mass is 32.1. The number of anilines is 1. The summed E-state index contributed by atoms with van der Waals surface area (Å²) in [7, 11) is 1.69. The van der Waals surface area contributed by atoms with E-state index in [1.54, 1.807) is 18.4 Å². The van der Waals surface area contributed by atoms with E-state index in [0.717, 1.165) is 30.0 Å². The van der Waals surface area contributed by atoms with Crippen molar-refractivity contribution in [1.82, 2.24) is 0 Å². The molecule has 1 aromatic carbocycles. The highest BCUT2D eigenvalue weighted by Gasteiger charge is 2.30. The first-order chi connectivity index (χ1) is 10.3. The van der Waals surface area contributed by atoms with Gasteiger partial charge in [-0.25, -0.2) is 0 Å². The first-order valence-corrected chi connectivity index (χ1v) is 7.93. The van der Waals surface area contributed by atoms with Crippen LogP contribution in [0.5, 0.6) is 5.75 Å². The Kier molecular flexibility index (Phi) is 4.22. The summed E-state index contributed by atoms with van der Waals surface area (Å²) in [5.74, 6) is 0.844. The first-order valence-electron chi connectivity index (χ1n) is 7.05. The van der Waals surface area contributed by atoms with E-state index < -0.39 is 0 Å². The van der Waals surface area contributed by atoms with Crippen LogP contribution < -0.4 is 15.5 Å². The zero-order chi connectivity index (χ0) is 14.7. The summed E-state index contributed by atoms with van der Waals surface area (Å²) in [6.45, 7) is 0.635. The summed E-state index contributed by atoms with van der Waals surface area (Å²) in [6.07, 6.45) is 1.77. The number of rotatable bonds is 5. The molecule has 0 radical (unpaired) electrons. The van der Waals surface area contributed by atoms with Gasteiger partial charge < -0.3 is 10.5 Å². The van der Waals surface area contributed by atoms with Crippen LogP contribution in [0.4, 0.5) is 5.69 Å². The zero-order valence-corrected chi connectivity index (χ0v) is 12.8. The van der Waals surface area contributed by atoms with E-state index in [9.17, 15) is 0 Å². The molecule has 1 atom stereocenters. The molecular formula is C16H19N3OS. The first kappa shape index (κ1) is 14.1. The standard InChI is InChI=1S/C16H19N3OS/c1-20-15-6-3-2-5-13(15)19-14(16-7-4-10-21-16)11-12(18-19)8-9-17/h2-7,10,14H,8-9,11,17H2,1H3. The molecule has 21 heavy (non-hydrogen) atoms. The molecule has 0 saturated heterocycles. The van der Waals surface area contributed by atoms with Gasteiger partial charge in [0, 0.05) is 17.0 Å². The lowest BCUT2D eigenvalue weighted by Crippen LogP contribution is -2.18. The molecule has 2 N–H and O–H groups in total. The molecule has 0 amide bonds. The molecule has 2 aromatic rings. The van der Waals surface area contributed by atoms with Gasteiger partial charge in [-0.1, -0.05) is 18.2 Å². The van der Waals surface area contributed by atoms with Crippen molar-refractivity contribution in [2.45, 2.75) is 18.9 Å². The normalized spacial score (nSPS) is 17.9. The fourth-order valence-corrected chi connectivity index (χ4v) is 3.45. The van der Waals surface area contributed by atoms with Crippen molar-refractivity contribution in [1.29, 1.82) is 0 Å². The van der Waals surface area contributed by atoms with E-state index in [0.29, 0.717) is 6.54 Å². The maximum Gasteiger partial charge on any atom is 0.144 e. The Labute approximate surface area is 128 Å². The van der Waals surface area contributed by atoms with Gasteiger partial charge in [0.2, 0.25) is 0 Å². The summed E-state index contributed by atoms with van der Waals surface area (Å²) >= 11 is 1.77. The Morgan fingerprint density at radius 3 is 2.90 bits per heavy atom. The van der Waals surface area contributed by atoms with E-state index in [-0.39, 0.29) is 6.04 Å². The minimum atomic E-state index is 0.239. The summed E-state index contributed by atoms with van der Waals surface area (Å²) in [4.78, 5) is 1.32. The second-order valence-electron chi connectivity index (χ2n) is 4.96. The van der Waals surface area contributed by atoms with Crippen molar-refractivity contribution in [3.05, 3.63) is 46.7 Å². The maximum absolute atomic E-state index is 5.69. The Bertz CT molecular complexity index is 624. The van der Waals surface area contributed by atoms with E-state index >= 15 is 0 Å². The van der Waals surface area contributed by atoms with Crippen LogP contribution in [0, 0.1) is 0 Å². The largest absolute Gasteiger partial charge is 0.495 e. The third-order valence-corrected chi connectivity index (χ3v) is 4.58. The number of ether oxygens (including phenoxy) is 1. The Balaban J connectivity index is 1.98. The molecule has 3 rings (SSSR count). The fraction of sp³-hybridized carbons (Fsp3) is 0.312. The SMILES string of the molecule is COc1ccccc1N1N=C(CCN)CC1c1cccs1. The third kappa shape index (κ3) is 2.80. The smallest absolute Gasteiger partial charge is 0.144 e.